The van der Waals surface area contributed by atoms with E-state index in [0.29, 0.717) is 17.3 Å². The highest BCUT2D eigenvalue weighted by molar-refractivity contribution is 7.92. The van der Waals surface area contributed by atoms with Gasteiger partial charge in [0.2, 0.25) is 10.0 Å². The highest BCUT2D eigenvalue weighted by Gasteiger charge is 2.30. The van der Waals surface area contributed by atoms with Gasteiger partial charge in [0.15, 0.2) is 0 Å². The second kappa shape index (κ2) is 4.25. The van der Waals surface area contributed by atoms with Gasteiger partial charge in [-0.25, -0.2) is 8.42 Å². The molecule has 1 aromatic heterocycles. The Hall–Kier alpha value is -1.53. The van der Waals surface area contributed by atoms with Crippen LogP contribution in [0.2, 0.25) is 5.02 Å². The zero-order valence-corrected chi connectivity index (χ0v) is 11.8. The van der Waals surface area contributed by atoms with Gasteiger partial charge in [0.25, 0.3) is 0 Å². The van der Waals surface area contributed by atoms with Crippen molar-refractivity contribution in [3.63, 3.8) is 0 Å². The number of nitrogens with one attached hydrogen (secondary N) is 1. The van der Waals surface area contributed by atoms with Crippen LogP contribution in [-0.2, 0) is 16.6 Å². The first kappa shape index (κ1) is 12.5. The van der Waals surface area contributed by atoms with Crippen molar-refractivity contribution in [1.82, 2.24) is 10.2 Å². The number of sulfonamides is 1. The third kappa shape index (κ3) is 1.91. The molecular weight excluding hydrogens is 286 g/mol. The number of H-pyrrole nitrogens is 1. The average molecular weight is 298 g/mol. The van der Waals surface area contributed by atoms with Gasteiger partial charge in [-0.15, -0.1) is 0 Å². The molecule has 5 nitrogen and oxygen atoms in total. The van der Waals surface area contributed by atoms with Crippen molar-refractivity contribution in [2.75, 3.05) is 10.1 Å². The van der Waals surface area contributed by atoms with Crippen molar-refractivity contribution in [2.24, 2.45) is 0 Å². The summed E-state index contributed by atoms with van der Waals surface area (Å²) in [4.78, 5) is 0. The Kier molecular flexibility index (Phi) is 2.79. The molecule has 0 fully saturated rings. The largest absolute Gasteiger partial charge is 0.277 e. The predicted molar refractivity (Wildman–Crippen MR) is 74.7 cm³/mol. The maximum atomic E-state index is 12.2. The number of aromatic nitrogens is 2. The summed E-state index contributed by atoms with van der Waals surface area (Å²) in [6, 6.07) is 5.18. The van der Waals surface area contributed by atoms with E-state index in [1.54, 1.807) is 31.3 Å². The van der Waals surface area contributed by atoms with Gasteiger partial charge in [0.05, 0.1) is 29.9 Å². The lowest BCUT2D eigenvalue weighted by Crippen LogP contribution is -2.34. The fraction of sp³-hybridized carbons (Fsp3) is 0.250. The first-order valence-electron chi connectivity index (χ1n) is 5.85. The summed E-state index contributed by atoms with van der Waals surface area (Å²) in [7, 11) is -3.32. The van der Waals surface area contributed by atoms with Crippen LogP contribution in [0, 0.1) is 0 Å². The molecule has 1 aromatic carbocycles. The molecule has 2 heterocycles. The molecule has 0 radical (unpaired) electrons. The zero-order valence-electron chi connectivity index (χ0n) is 10.2. The number of fused-ring (bicyclic) bond motifs is 3. The maximum absolute atomic E-state index is 12.2. The summed E-state index contributed by atoms with van der Waals surface area (Å²) in [5.74, 6) is 0.0578. The standard InChI is InChI=1S/C12H12ClN3O2S/c1-2-19(17,18)16-7-8-6-14-15-12(8)10-5-9(13)3-4-11(10)16/h3-6H,2,7H2,1H3,(H,14,15). The van der Waals surface area contributed by atoms with Crippen LogP contribution in [-0.4, -0.2) is 24.4 Å². The lowest BCUT2D eigenvalue weighted by Gasteiger charge is -2.29. The summed E-state index contributed by atoms with van der Waals surface area (Å²) < 4.78 is 25.8. The van der Waals surface area contributed by atoms with Crippen LogP contribution in [0.15, 0.2) is 24.4 Å². The molecule has 0 atom stereocenters. The van der Waals surface area contributed by atoms with Gasteiger partial charge in [0.1, 0.15) is 0 Å². The van der Waals surface area contributed by atoms with E-state index in [1.807, 2.05) is 0 Å². The Morgan fingerprint density at radius 2 is 2.26 bits per heavy atom. The molecule has 0 bridgehead atoms. The molecule has 7 heteroatoms. The van der Waals surface area contributed by atoms with Crippen molar-refractivity contribution < 1.29 is 8.42 Å². The third-order valence-electron chi connectivity index (χ3n) is 3.23. The number of rotatable bonds is 2. The molecule has 100 valence electrons. The van der Waals surface area contributed by atoms with Gasteiger partial charge in [-0.05, 0) is 25.1 Å². The number of halogens is 1. The molecule has 0 saturated carbocycles. The molecule has 19 heavy (non-hydrogen) atoms. The lowest BCUT2D eigenvalue weighted by molar-refractivity contribution is 0.591. The number of benzene rings is 1. The van der Waals surface area contributed by atoms with Gasteiger partial charge < -0.3 is 0 Å². The number of anilines is 1. The molecule has 0 spiro atoms. The lowest BCUT2D eigenvalue weighted by atomic mass is 10.0. The number of hydrogen-bond donors (Lipinski definition) is 1. The first-order chi connectivity index (χ1) is 9.03. The fourth-order valence-electron chi connectivity index (χ4n) is 2.23. The van der Waals surface area contributed by atoms with Crippen LogP contribution in [0.25, 0.3) is 11.3 Å². The van der Waals surface area contributed by atoms with Crippen LogP contribution in [0.1, 0.15) is 12.5 Å². The second-order valence-electron chi connectivity index (χ2n) is 4.34. The van der Waals surface area contributed by atoms with E-state index in [1.165, 1.54) is 4.31 Å². The summed E-state index contributed by atoms with van der Waals surface area (Å²) in [5.41, 5.74) is 3.10. The molecule has 1 aliphatic rings. The number of nitrogens with zero attached hydrogens (tertiary/aromatic N) is 2. The van der Waals surface area contributed by atoms with Crippen LogP contribution < -0.4 is 4.31 Å². The Morgan fingerprint density at radius 3 is 3.00 bits per heavy atom. The van der Waals surface area contributed by atoms with Crippen molar-refractivity contribution in [3.05, 3.63) is 35.0 Å². The summed E-state index contributed by atoms with van der Waals surface area (Å²) in [5, 5.41) is 7.45. The molecular formula is C12H12ClN3O2S. The number of aromatic amines is 1. The van der Waals surface area contributed by atoms with Crippen molar-refractivity contribution >= 4 is 27.3 Å². The predicted octanol–water partition coefficient (Wildman–Crippen LogP) is 2.40. The molecule has 0 unspecified atom stereocenters. The van der Waals surface area contributed by atoms with E-state index < -0.39 is 10.0 Å². The van der Waals surface area contributed by atoms with Crippen LogP contribution in [0.3, 0.4) is 0 Å². The summed E-state index contributed by atoms with van der Waals surface area (Å²) >= 11 is 6.00. The van der Waals surface area contributed by atoms with Gasteiger partial charge >= 0.3 is 0 Å². The Labute approximate surface area is 116 Å². The first-order valence-corrected chi connectivity index (χ1v) is 7.84. The van der Waals surface area contributed by atoms with Gasteiger partial charge in [0, 0.05) is 16.1 Å². The summed E-state index contributed by atoms with van der Waals surface area (Å²) in [6.45, 7) is 1.94. The van der Waals surface area contributed by atoms with Crippen molar-refractivity contribution in [1.29, 1.82) is 0 Å². The van der Waals surface area contributed by atoms with E-state index in [9.17, 15) is 8.42 Å². The van der Waals surface area contributed by atoms with Gasteiger partial charge in [-0.2, -0.15) is 5.10 Å². The SMILES string of the molecule is CCS(=O)(=O)N1Cc2cn[nH]c2-c2cc(Cl)ccc21. The highest BCUT2D eigenvalue weighted by atomic mass is 35.5. The number of hydrogen-bond acceptors (Lipinski definition) is 3. The smallest absolute Gasteiger partial charge is 0.235 e. The minimum absolute atomic E-state index is 0.0578. The molecule has 1 N–H and O–H groups in total. The molecule has 0 aliphatic carbocycles. The normalized spacial score (nSPS) is 14.1. The second-order valence-corrected chi connectivity index (χ2v) is 6.96. The average Bonchev–Trinajstić information content (AvgIpc) is 2.86. The van der Waals surface area contributed by atoms with E-state index in [2.05, 4.69) is 10.2 Å². The molecule has 0 amide bonds. The van der Waals surface area contributed by atoms with E-state index in [-0.39, 0.29) is 5.75 Å². The van der Waals surface area contributed by atoms with Crippen molar-refractivity contribution in [2.45, 2.75) is 13.5 Å². The fourth-order valence-corrected chi connectivity index (χ4v) is 3.51. The van der Waals surface area contributed by atoms with Crippen molar-refractivity contribution in [3.8, 4) is 11.3 Å². The van der Waals surface area contributed by atoms with E-state index in [4.69, 9.17) is 11.6 Å². The molecule has 2 aromatic rings. The third-order valence-corrected chi connectivity index (χ3v) is 5.19. The molecule has 1 aliphatic heterocycles. The van der Waals surface area contributed by atoms with Crippen LogP contribution in [0.4, 0.5) is 5.69 Å². The molecule has 0 saturated heterocycles. The highest BCUT2D eigenvalue weighted by Crippen LogP contribution is 2.40. The summed E-state index contributed by atoms with van der Waals surface area (Å²) in [6.07, 6.45) is 1.65. The topological polar surface area (TPSA) is 66.1 Å². The Bertz CT molecular complexity index is 739. The van der Waals surface area contributed by atoms with E-state index >= 15 is 0 Å². The van der Waals surface area contributed by atoms with E-state index in [0.717, 1.165) is 16.8 Å². The minimum Gasteiger partial charge on any atom is -0.277 e. The van der Waals surface area contributed by atoms with Crippen LogP contribution >= 0.6 is 11.6 Å². The Morgan fingerprint density at radius 1 is 1.47 bits per heavy atom. The monoisotopic (exact) mass is 297 g/mol. The van der Waals surface area contributed by atoms with Gasteiger partial charge in [-0.1, -0.05) is 11.6 Å². The van der Waals surface area contributed by atoms with Crippen LogP contribution in [0.5, 0.6) is 0 Å². The zero-order chi connectivity index (χ0) is 13.6. The maximum Gasteiger partial charge on any atom is 0.235 e. The quantitative estimate of drug-likeness (QED) is 0.925. The minimum atomic E-state index is -3.32. The molecule has 3 rings (SSSR count). The van der Waals surface area contributed by atoms with Gasteiger partial charge in [-0.3, -0.25) is 9.40 Å². The Balaban J connectivity index is 2.26.